The first-order valence-corrected chi connectivity index (χ1v) is 8.18. The molecule has 0 fully saturated rings. The Labute approximate surface area is 155 Å². The van der Waals surface area contributed by atoms with Gasteiger partial charge in [-0.1, -0.05) is 17.7 Å². The molecule has 1 heterocycles. The molecule has 0 spiro atoms. The number of amides is 2. The SMILES string of the molecule is Cc1ccc(-n2nc(C)c(C(=O)Nc3ccc(F)c(C(N)=O)c3)n2)c(C)c1. The number of hydrogen-bond acceptors (Lipinski definition) is 4. The number of aryl methyl sites for hydroxylation is 3. The number of carbonyl (C=O) groups excluding carboxylic acids is 2. The smallest absolute Gasteiger partial charge is 0.278 e. The maximum absolute atomic E-state index is 13.6. The van der Waals surface area contributed by atoms with Crippen LogP contribution in [-0.2, 0) is 0 Å². The van der Waals surface area contributed by atoms with E-state index in [-0.39, 0.29) is 16.9 Å². The third-order valence-electron chi connectivity index (χ3n) is 4.05. The number of halogens is 1. The van der Waals surface area contributed by atoms with Gasteiger partial charge in [0, 0.05) is 5.69 Å². The Bertz CT molecular complexity index is 1060. The molecule has 0 aliphatic carbocycles. The van der Waals surface area contributed by atoms with Crippen molar-refractivity contribution in [2.45, 2.75) is 20.8 Å². The lowest BCUT2D eigenvalue weighted by Crippen LogP contribution is -2.17. The van der Waals surface area contributed by atoms with Gasteiger partial charge in [0.15, 0.2) is 5.69 Å². The normalized spacial score (nSPS) is 10.7. The van der Waals surface area contributed by atoms with E-state index in [0.717, 1.165) is 22.9 Å². The van der Waals surface area contributed by atoms with Crippen molar-refractivity contribution in [3.8, 4) is 5.69 Å². The molecule has 27 heavy (non-hydrogen) atoms. The van der Waals surface area contributed by atoms with Crippen LogP contribution in [0.5, 0.6) is 0 Å². The first-order valence-electron chi connectivity index (χ1n) is 8.18. The van der Waals surface area contributed by atoms with Gasteiger partial charge in [-0.15, -0.1) is 5.10 Å². The zero-order valence-electron chi connectivity index (χ0n) is 15.1. The minimum Gasteiger partial charge on any atom is -0.366 e. The number of anilines is 1. The first-order chi connectivity index (χ1) is 12.8. The molecule has 3 rings (SSSR count). The standard InChI is InChI=1S/C19H18FN5O2/c1-10-4-7-16(11(2)8-10)25-23-12(3)17(24-25)19(27)22-13-5-6-15(20)14(9-13)18(21)26/h4-9H,1-3H3,(H2,21,26)(H,22,27). The molecule has 1 aromatic heterocycles. The van der Waals surface area contributed by atoms with Crippen LogP contribution in [-0.4, -0.2) is 26.8 Å². The molecule has 2 amide bonds. The highest BCUT2D eigenvalue weighted by Gasteiger charge is 2.18. The van der Waals surface area contributed by atoms with Crippen molar-refractivity contribution >= 4 is 17.5 Å². The van der Waals surface area contributed by atoms with E-state index >= 15 is 0 Å². The Morgan fingerprint density at radius 1 is 1.07 bits per heavy atom. The van der Waals surface area contributed by atoms with Crippen LogP contribution in [0.15, 0.2) is 36.4 Å². The van der Waals surface area contributed by atoms with Crippen LogP contribution >= 0.6 is 0 Å². The predicted molar refractivity (Wildman–Crippen MR) is 98.4 cm³/mol. The fourth-order valence-corrected chi connectivity index (χ4v) is 2.71. The Kier molecular flexibility index (Phi) is 4.72. The molecule has 8 heteroatoms. The molecule has 0 bridgehead atoms. The number of carbonyl (C=O) groups is 2. The zero-order chi connectivity index (χ0) is 19.7. The van der Waals surface area contributed by atoms with E-state index in [9.17, 15) is 14.0 Å². The minimum atomic E-state index is -0.916. The second-order valence-corrected chi connectivity index (χ2v) is 6.23. The summed E-state index contributed by atoms with van der Waals surface area (Å²) in [7, 11) is 0. The van der Waals surface area contributed by atoms with Gasteiger partial charge in [0.25, 0.3) is 11.8 Å². The van der Waals surface area contributed by atoms with Crippen molar-refractivity contribution < 1.29 is 14.0 Å². The van der Waals surface area contributed by atoms with Gasteiger partial charge < -0.3 is 11.1 Å². The third kappa shape index (κ3) is 3.69. The molecule has 0 aliphatic rings. The van der Waals surface area contributed by atoms with Gasteiger partial charge in [0.05, 0.1) is 16.9 Å². The summed E-state index contributed by atoms with van der Waals surface area (Å²) in [6.45, 7) is 5.59. The van der Waals surface area contributed by atoms with E-state index in [0.29, 0.717) is 5.69 Å². The molecule has 3 N–H and O–H groups in total. The van der Waals surface area contributed by atoms with E-state index < -0.39 is 17.6 Å². The summed E-state index contributed by atoms with van der Waals surface area (Å²) in [5.74, 6) is -2.19. The van der Waals surface area contributed by atoms with Crippen LogP contribution < -0.4 is 11.1 Å². The summed E-state index contributed by atoms with van der Waals surface area (Å²) >= 11 is 0. The van der Waals surface area contributed by atoms with E-state index in [4.69, 9.17) is 5.73 Å². The number of aromatic nitrogens is 3. The van der Waals surface area contributed by atoms with E-state index in [1.165, 1.54) is 16.9 Å². The van der Waals surface area contributed by atoms with Gasteiger partial charge in [-0.05, 0) is 50.6 Å². The number of primary amides is 1. The van der Waals surface area contributed by atoms with Crippen molar-refractivity contribution in [1.82, 2.24) is 15.0 Å². The average molecular weight is 367 g/mol. The van der Waals surface area contributed by atoms with Gasteiger partial charge in [0.2, 0.25) is 0 Å². The van der Waals surface area contributed by atoms with E-state index in [1.807, 2.05) is 32.0 Å². The lowest BCUT2D eigenvalue weighted by Gasteiger charge is -2.06. The van der Waals surface area contributed by atoms with Crippen molar-refractivity contribution in [3.05, 3.63) is 70.3 Å². The quantitative estimate of drug-likeness (QED) is 0.740. The van der Waals surface area contributed by atoms with Crippen LogP contribution in [0.4, 0.5) is 10.1 Å². The van der Waals surface area contributed by atoms with Crippen molar-refractivity contribution in [2.24, 2.45) is 5.73 Å². The molecule has 0 radical (unpaired) electrons. The highest BCUT2D eigenvalue weighted by atomic mass is 19.1. The molecule has 3 aromatic rings. The molecular weight excluding hydrogens is 349 g/mol. The van der Waals surface area contributed by atoms with Gasteiger partial charge in [-0.25, -0.2) is 4.39 Å². The Morgan fingerprint density at radius 3 is 2.48 bits per heavy atom. The minimum absolute atomic E-state index is 0.125. The van der Waals surface area contributed by atoms with Crippen molar-refractivity contribution in [1.29, 1.82) is 0 Å². The highest BCUT2D eigenvalue weighted by molar-refractivity contribution is 6.04. The zero-order valence-corrected chi connectivity index (χ0v) is 15.1. The molecule has 0 atom stereocenters. The number of nitrogens with one attached hydrogen (secondary N) is 1. The number of rotatable bonds is 4. The van der Waals surface area contributed by atoms with Crippen LogP contribution in [0.1, 0.15) is 37.7 Å². The van der Waals surface area contributed by atoms with Crippen LogP contribution in [0, 0.1) is 26.6 Å². The topological polar surface area (TPSA) is 103 Å². The lowest BCUT2D eigenvalue weighted by molar-refractivity contribution is 0.0992. The molecule has 0 saturated heterocycles. The summed E-state index contributed by atoms with van der Waals surface area (Å²) in [5.41, 5.74) is 8.46. The summed E-state index contributed by atoms with van der Waals surface area (Å²) in [4.78, 5) is 25.2. The summed E-state index contributed by atoms with van der Waals surface area (Å²) in [5, 5.41) is 11.2. The molecular formula is C19H18FN5O2. The molecule has 0 saturated carbocycles. The number of nitrogens with zero attached hydrogens (tertiary/aromatic N) is 3. The highest BCUT2D eigenvalue weighted by Crippen LogP contribution is 2.18. The second kappa shape index (κ2) is 6.99. The van der Waals surface area contributed by atoms with Gasteiger partial charge >= 0.3 is 0 Å². The van der Waals surface area contributed by atoms with E-state index in [2.05, 4.69) is 15.5 Å². The molecule has 7 nitrogen and oxygen atoms in total. The maximum Gasteiger partial charge on any atom is 0.278 e. The summed E-state index contributed by atoms with van der Waals surface area (Å²) in [6.07, 6.45) is 0. The third-order valence-corrected chi connectivity index (χ3v) is 4.05. The van der Waals surface area contributed by atoms with Crippen molar-refractivity contribution in [3.63, 3.8) is 0 Å². The number of benzene rings is 2. The van der Waals surface area contributed by atoms with E-state index in [1.54, 1.807) is 6.92 Å². The average Bonchev–Trinajstić information content (AvgIpc) is 2.98. The largest absolute Gasteiger partial charge is 0.366 e. The van der Waals surface area contributed by atoms with Crippen LogP contribution in [0.2, 0.25) is 0 Å². The molecule has 138 valence electrons. The van der Waals surface area contributed by atoms with Gasteiger partial charge in [-0.3, -0.25) is 9.59 Å². The lowest BCUT2D eigenvalue weighted by atomic mass is 10.1. The maximum atomic E-state index is 13.6. The predicted octanol–water partition coefficient (Wildman–Crippen LogP) is 2.68. The van der Waals surface area contributed by atoms with Crippen molar-refractivity contribution in [2.75, 3.05) is 5.32 Å². The fourth-order valence-electron chi connectivity index (χ4n) is 2.71. The molecule has 0 unspecified atom stereocenters. The molecule has 0 aliphatic heterocycles. The Morgan fingerprint density at radius 2 is 1.81 bits per heavy atom. The second-order valence-electron chi connectivity index (χ2n) is 6.23. The monoisotopic (exact) mass is 367 g/mol. The van der Waals surface area contributed by atoms with Crippen LogP contribution in [0.3, 0.4) is 0 Å². The Balaban J connectivity index is 1.89. The van der Waals surface area contributed by atoms with Crippen LogP contribution in [0.25, 0.3) is 5.69 Å². The number of nitrogens with two attached hydrogens (primary N) is 1. The molecule has 2 aromatic carbocycles. The first kappa shape index (κ1) is 18.2. The summed E-state index contributed by atoms with van der Waals surface area (Å²) < 4.78 is 13.6. The number of hydrogen-bond donors (Lipinski definition) is 2. The Hall–Kier alpha value is -3.55. The summed E-state index contributed by atoms with van der Waals surface area (Å²) in [6, 6.07) is 9.39. The van der Waals surface area contributed by atoms with Gasteiger partial charge in [-0.2, -0.15) is 9.90 Å². The van der Waals surface area contributed by atoms with Gasteiger partial charge in [0.1, 0.15) is 5.82 Å². The fraction of sp³-hybridized carbons (Fsp3) is 0.158.